The highest BCUT2D eigenvalue weighted by Gasteiger charge is 2.13. The Balaban J connectivity index is 1.68. The van der Waals surface area contributed by atoms with E-state index in [0.717, 1.165) is 6.54 Å². The third-order valence-electron chi connectivity index (χ3n) is 6.08. The first-order valence-corrected chi connectivity index (χ1v) is 11.0. The van der Waals surface area contributed by atoms with Gasteiger partial charge in [-0.2, -0.15) is 0 Å². The highest BCUT2D eigenvalue weighted by molar-refractivity contribution is 6.09. The largest absolute Gasteiger partial charge is 0.340 e. The zero-order valence-corrected chi connectivity index (χ0v) is 17.5. The molecule has 1 heterocycles. The van der Waals surface area contributed by atoms with Gasteiger partial charge in [-0.1, -0.05) is 98.6 Å². The molecule has 0 atom stereocenters. The molecule has 0 aliphatic heterocycles. The lowest BCUT2D eigenvalue weighted by atomic mass is 9.94. The summed E-state index contributed by atoms with van der Waals surface area (Å²) >= 11 is 0. The van der Waals surface area contributed by atoms with Gasteiger partial charge in [-0.3, -0.25) is 0 Å². The molecule has 0 fully saturated rings. The lowest BCUT2D eigenvalue weighted by Gasteiger charge is -2.11. The molecule has 5 rings (SSSR count). The summed E-state index contributed by atoms with van der Waals surface area (Å²) < 4.78 is 2.51. The Morgan fingerprint density at radius 1 is 0.567 bits per heavy atom. The van der Waals surface area contributed by atoms with E-state index in [2.05, 4.69) is 109 Å². The van der Waals surface area contributed by atoms with Crippen molar-refractivity contribution in [3.63, 3.8) is 0 Å². The molecular weight excluding hydrogens is 362 g/mol. The van der Waals surface area contributed by atoms with E-state index in [-0.39, 0.29) is 0 Å². The van der Waals surface area contributed by atoms with E-state index >= 15 is 0 Å². The molecule has 0 bridgehead atoms. The molecule has 0 radical (unpaired) electrons. The van der Waals surface area contributed by atoms with Crippen molar-refractivity contribution in [2.24, 2.45) is 0 Å². The number of aromatic nitrogens is 1. The molecule has 148 valence electrons. The van der Waals surface area contributed by atoms with Crippen LogP contribution >= 0.6 is 0 Å². The number of para-hydroxylation sites is 1. The summed E-state index contributed by atoms with van der Waals surface area (Å²) in [7, 11) is 0. The van der Waals surface area contributed by atoms with Gasteiger partial charge in [-0.25, -0.2) is 0 Å². The van der Waals surface area contributed by atoms with Crippen LogP contribution in [0.25, 0.3) is 44.1 Å². The molecule has 0 aliphatic rings. The molecule has 4 aromatic carbocycles. The smallest absolute Gasteiger partial charge is 0.0491 e. The Labute approximate surface area is 178 Å². The van der Waals surface area contributed by atoms with E-state index < -0.39 is 0 Å². The first-order valence-electron chi connectivity index (χ1n) is 11.0. The Morgan fingerprint density at radius 3 is 2.03 bits per heavy atom. The highest BCUT2D eigenvalue weighted by atomic mass is 15.0. The van der Waals surface area contributed by atoms with Crippen LogP contribution in [0.5, 0.6) is 0 Å². The Morgan fingerprint density at radius 2 is 1.23 bits per heavy atom. The molecule has 1 heteroatoms. The minimum atomic E-state index is 1.08. The predicted molar refractivity (Wildman–Crippen MR) is 130 cm³/mol. The van der Waals surface area contributed by atoms with Gasteiger partial charge in [-0.05, 0) is 46.9 Å². The number of hydrogen-bond acceptors (Lipinski definition) is 0. The summed E-state index contributed by atoms with van der Waals surface area (Å²) in [4.78, 5) is 0. The van der Waals surface area contributed by atoms with Crippen molar-refractivity contribution in [1.29, 1.82) is 0 Å². The number of aryl methyl sites for hydroxylation is 1. The molecule has 1 nitrogen and oxygen atoms in total. The quantitative estimate of drug-likeness (QED) is 0.257. The molecule has 5 aromatic rings. The monoisotopic (exact) mass is 389 g/mol. The van der Waals surface area contributed by atoms with Gasteiger partial charge in [0.15, 0.2) is 0 Å². The van der Waals surface area contributed by atoms with Gasteiger partial charge >= 0.3 is 0 Å². The molecule has 0 saturated carbocycles. The molecular formula is C29H27N. The lowest BCUT2D eigenvalue weighted by Crippen LogP contribution is -1.97. The van der Waals surface area contributed by atoms with Crippen molar-refractivity contribution in [2.75, 3.05) is 0 Å². The van der Waals surface area contributed by atoms with Gasteiger partial charge in [0.25, 0.3) is 0 Å². The zero-order valence-electron chi connectivity index (χ0n) is 17.5. The molecule has 0 amide bonds. The first kappa shape index (κ1) is 18.7. The van der Waals surface area contributed by atoms with E-state index in [9.17, 15) is 0 Å². The molecule has 0 unspecified atom stereocenters. The Bertz CT molecular complexity index is 1290. The van der Waals surface area contributed by atoms with E-state index in [1.807, 2.05) is 0 Å². The topological polar surface area (TPSA) is 4.93 Å². The van der Waals surface area contributed by atoms with Crippen molar-refractivity contribution in [1.82, 2.24) is 4.57 Å². The fraction of sp³-hybridized carbons (Fsp3) is 0.172. The number of nitrogens with zero attached hydrogens (tertiary/aromatic N) is 1. The lowest BCUT2D eigenvalue weighted by molar-refractivity contribution is 0.627. The summed E-state index contributed by atoms with van der Waals surface area (Å²) in [5, 5.41) is 2.70. The average Bonchev–Trinajstić information content (AvgIpc) is 3.13. The third-order valence-corrected chi connectivity index (χ3v) is 6.08. The standard InChI is InChI=1S/C29H27N/c1-2-3-11-20-30-28-17-10-9-16-26(28)27-21-23(18-19-29(27)30)25-15-8-7-14-24(25)22-12-5-4-6-13-22/h4-10,12-19,21H,2-3,11,20H2,1H3. The SMILES string of the molecule is CCCCCn1c2ccccc2c2cc(-c3ccccc3-c3ccccc3)ccc21. The van der Waals surface area contributed by atoms with Gasteiger partial charge in [0.05, 0.1) is 0 Å². The molecule has 0 N–H and O–H groups in total. The van der Waals surface area contributed by atoms with Crippen LogP contribution in [-0.2, 0) is 6.54 Å². The molecule has 1 aromatic heterocycles. The maximum Gasteiger partial charge on any atom is 0.0491 e. The normalized spacial score (nSPS) is 11.4. The van der Waals surface area contributed by atoms with E-state index in [1.54, 1.807) is 0 Å². The Kier molecular flexibility index (Phi) is 5.11. The number of benzene rings is 4. The van der Waals surface area contributed by atoms with E-state index in [1.165, 1.54) is 63.3 Å². The van der Waals surface area contributed by atoms with Crippen LogP contribution < -0.4 is 0 Å². The van der Waals surface area contributed by atoms with Gasteiger partial charge < -0.3 is 4.57 Å². The summed E-state index contributed by atoms with van der Waals surface area (Å²) in [6.07, 6.45) is 3.75. The molecule has 0 spiro atoms. The molecule has 0 saturated heterocycles. The summed E-state index contributed by atoms with van der Waals surface area (Å²) in [6.45, 7) is 3.35. The van der Waals surface area contributed by atoms with Crippen molar-refractivity contribution in [3.8, 4) is 22.3 Å². The van der Waals surface area contributed by atoms with Gasteiger partial charge in [0, 0.05) is 28.4 Å². The predicted octanol–water partition coefficient (Wildman–Crippen LogP) is 8.32. The number of rotatable bonds is 6. The van der Waals surface area contributed by atoms with Gasteiger partial charge in [0.1, 0.15) is 0 Å². The third kappa shape index (κ3) is 3.31. The number of fused-ring (bicyclic) bond motifs is 3. The van der Waals surface area contributed by atoms with Crippen LogP contribution in [0, 0.1) is 0 Å². The average molecular weight is 390 g/mol. The van der Waals surface area contributed by atoms with Crippen molar-refractivity contribution in [2.45, 2.75) is 32.7 Å². The van der Waals surface area contributed by atoms with Crippen molar-refractivity contribution >= 4 is 21.8 Å². The molecule has 30 heavy (non-hydrogen) atoms. The minimum absolute atomic E-state index is 1.08. The number of hydrogen-bond donors (Lipinski definition) is 0. The second-order valence-electron chi connectivity index (χ2n) is 8.02. The maximum absolute atomic E-state index is 2.51. The van der Waals surface area contributed by atoms with Crippen LogP contribution in [0.4, 0.5) is 0 Å². The van der Waals surface area contributed by atoms with Gasteiger partial charge in [-0.15, -0.1) is 0 Å². The van der Waals surface area contributed by atoms with Crippen molar-refractivity contribution in [3.05, 3.63) is 97.1 Å². The summed E-state index contributed by atoms with van der Waals surface area (Å²) in [5.74, 6) is 0. The van der Waals surface area contributed by atoms with E-state index in [0.29, 0.717) is 0 Å². The summed E-state index contributed by atoms with van der Waals surface area (Å²) in [6, 6.07) is 35.2. The van der Waals surface area contributed by atoms with Crippen LogP contribution in [0.15, 0.2) is 97.1 Å². The highest BCUT2D eigenvalue weighted by Crippen LogP contribution is 2.36. The maximum atomic E-state index is 2.51. The summed E-state index contributed by atoms with van der Waals surface area (Å²) in [5.41, 5.74) is 7.79. The van der Waals surface area contributed by atoms with E-state index in [4.69, 9.17) is 0 Å². The number of unbranched alkanes of at least 4 members (excludes halogenated alkanes) is 2. The van der Waals surface area contributed by atoms with Crippen LogP contribution in [0.3, 0.4) is 0 Å². The second-order valence-corrected chi connectivity index (χ2v) is 8.02. The fourth-order valence-corrected chi connectivity index (χ4v) is 4.59. The van der Waals surface area contributed by atoms with Crippen molar-refractivity contribution < 1.29 is 0 Å². The zero-order chi connectivity index (χ0) is 20.3. The second kappa shape index (κ2) is 8.20. The van der Waals surface area contributed by atoms with Crippen LogP contribution in [0.1, 0.15) is 26.2 Å². The van der Waals surface area contributed by atoms with Crippen LogP contribution in [-0.4, -0.2) is 4.57 Å². The molecule has 0 aliphatic carbocycles. The van der Waals surface area contributed by atoms with Crippen LogP contribution in [0.2, 0.25) is 0 Å². The van der Waals surface area contributed by atoms with Gasteiger partial charge in [0.2, 0.25) is 0 Å². The first-order chi connectivity index (χ1) is 14.9. The Hall–Kier alpha value is -3.32. The minimum Gasteiger partial charge on any atom is -0.340 e. The fourth-order valence-electron chi connectivity index (χ4n) is 4.59.